The van der Waals surface area contributed by atoms with Crippen LogP contribution < -0.4 is 10.6 Å². The third kappa shape index (κ3) is 11.4. The Kier molecular flexibility index (Phi) is 13.4. The molecule has 2 aromatic carbocycles. The molecule has 2 spiro atoms. The molecule has 0 atom stereocenters. The zero-order chi connectivity index (χ0) is 36.2. The first-order valence-corrected chi connectivity index (χ1v) is 18.5. The van der Waals surface area contributed by atoms with Gasteiger partial charge in [-0.05, 0) is 31.6 Å². The van der Waals surface area contributed by atoms with Crippen LogP contribution in [0.5, 0.6) is 0 Å². The van der Waals surface area contributed by atoms with Gasteiger partial charge in [0.2, 0.25) is 11.6 Å². The monoisotopic (exact) mass is 706 g/mol. The van der Waals surface area contributed by atoms with Crippen molar-refractivity contribution < 1.29 is 43.1 Å². The van der Waals surface area contributed by atoms with Gasteiger partial charge in [0.25, 0.3) is 0 Å². The van der Waals surface area contributed by atoms with Crippen molar-refractivity contribution in [2.75, 3.05) is 33.3 Å². The molecule has 2 N–H and O–H groups in total. The number of hydrogen-bond acceptors (Lipinski definition) is 8. The van der Waals surface area contributed by atoms with Crippen molar-refractivity contribution >= 4 is 12.2 Å². The van der Waals surface area contributed by atoms with Gasteiger partial charge in [0.1, 0.15) is 19.2 Å². The lowest BCUT2D eigenvalue weighted by molar-refractivity contribution is -0.935. The average molecular weight is 707 g/mol. The minimum Gasteiger partial charge on any atom is -0.449 e. The summed E-state index contributed by atoms with van der Waals surface area (Å²) in [7, 11) is 2.28. The lowest BCUT2D eigenvalue weighted by Gasteiger charge is -2.48. The Balaban J connectivity index is 0.986. The molecule has 11 nitrogen and oxygen atoms in total. The molecule has 0 bridgehead atoms. The fourth-order valence-corrected chi connectivity index (χ4v) is 7.42. The highest BCUT2D eigenvalue weighted by Gasteiger charge is 2.53. The van der Waals surface area contributed by atoms with Crippen molar-refractivity contribution in [3.8, 4) is 12.3 Å². The number of benzene rings is 2. The number of alkyl carbamates (subject to hydrolysis) is 2. The van der Waals surface area contributed by atoms with E-state index in [1.54, 1.807) is 0 Å². The van der Waals surface area contributed by atoms with E-state index in [0.717, 1.165) is 43.4 Å². The topological polar surface area (TPSA) is 114 Å². The zero-order valence-electron chi connectivity index (χ0n) is 30.5. The second-order valence-electron chi connectivity index (χ2n) is 15.4. The number of carbonyl (C=O) groups excluding carboxylic acids is 2. The maximum Gasteiger partial charge on any atom is 0.407 e. The molecule has 11 heteroatoms. The summed E-state index contributed by atoms with van der Waals surface area (Å²) in [5.74, 6) is 0.812. The normalized spacial score (nSPS) is 25.1. The highest BCUT2D eigenvalue weighted by atomic mass is 17.4. The number of terminal acetylenes is 1. The van der Waals surface area contributed by atoms with Gasteiger partial charge in [0, 0.05) is 68.2 Å². The first-order chi connectivity index (χ1) is 24.5. The van der Waals surface area contributed by atoms with E-state index in [-0.39, 0.29) is 11.5 Å². The SMILES string of the molecule is C#CCCNC(=O)OCC(C)(C)C1CCC2(CC1)OOC1(CCC(OC(=O)NCCC[N+](C)(Cc3ccccc3)Cc3ccccc3)CC1)OO2. The molecule has 278 valence electrons. The van der Waals surface area contributed by atoms with Crippen LogP contribution in [0.2, 0.25) is 0 Å². The molecule has 0 radical (unpaired) electrons. The Morgan fingerprint density at radius 1 is 0.824 bits per heavy atom. The van der Waals surface area contributed by atoms with Gasteiger partial charge in [0.15, 0.2) is 0 Å². The lowest BCUT2D eigenvalue weighted by Crippen LogP contribution is -2.54. The zero-order valence-corrected chi connectivity index (χ0v) is 30.5. The Hall–Kier alpha value is -3.66. The number of rotatable bonds is 14. The molecule has 5 rings (SSSR count). The van der Waals surface area contributed by atoms with E-state index in [2.05, 4.69) is 86.0 Å². The minimum atomic E-state index is -1.02. The Bertz CT molecular complexity index is 1380. The van der Waals surface area contributed by atoms with E-state index in [9.17, 15) is 9.59 Å². The third-order valence-electron chi connectivity index (χ3n) is 10.6. The number of carbonyl (C=O) groups is 2. The summed E-state index contributed by atoms with van der Waals surface area (Å²) in [5, 5.41) is 5.63. The van der Waals surface area contributed by atoms with Crippen LogP contribution >= 0.6 is 0 Å². The molecule has 0 unspecified atom stereocenters. The van der Waals surface area contributed by atoms with E-state index in [0.29, 0.717) is 70.6 Å². The summed E-state index contributed by atoms with van der Waals surface area (Å²) in [6, 6.07) is 21.1. The van der Waals surface area contributed by atoms with E-state index in [1.165, 1.54) is 11.1 Å². The maximum absolute atomic E-state index is 12.7. The van der Waals surface area contributed by atoms with Gasteiger partial charge in [-0.3, -0.25) is 0 Å². The Morgan fingerprint density at radius 3 is 1.86 bits per heavy atom. The first-order valence-electron chi connectivity index (χ1n) is 18.5. The standard InChI is InChI=1S/C40H55N3O8/c1-5-6-26-41-36(44)46-31-38(2,3)34-18-22-39(23-19-34)48-50-40(51-49-39)24-20-35(21-25-40)47-37(45)42-27-13-28-43(4,29-32-14-9-7-10-15-32)30-33-16-11-8-12-17-33/h1,7-12,14-17,34-35H,6,13,18-31H2,2-4H3,(H-,41,42,44,45)/p+1. The fourth-order valence-electron chi connectivity index (χ4n) is 7.42. The largest absolute Gasteiger partial charge is 0.449 e. The molecular weight excluding hydrogens is 650 g/mol. The number of nitrogens with zero attached hydrogens (tertiary/aromatic N) is 1. The molecule has 1 aliphatic heterocycles. The second-order valence-corrected chi connectivity index (χ2v) is 15.4. The van der Waals surface area contributed by atoms with Gasteiger partial charge < -0.3 is 24.6 Å². The summed E-state index contributed by atoms with van der Waals surface area (Å²) in [5.41, 5.74) is 2.37. The minimum absolute atomic E-state index is 0.224. The molecule has 0 aromatic heterocycles. The molecule has 2 saturated carbocycles. The number of nitrogens with one attached hydrogen (secondary N) is 2. The van der Waals surface area contributed by atoms with E-state index in [4.69, 9.17) is 35.4 Å². The van der Waals surface area contributed by atoms with Gasteiger partial charge in [-0.2, -0.15) is 19.6 Å². The Labute approximate surface area is 303 Å². The average Bonchev–Trinajstić information content (AvgIpc) is 3.13. The van der Waals surface area contributed by atoms with Crippen molar-refractivity contribution in [1.29, 1.82) is 0 Å². The highest BCUT2D eigenvalue weighted by molar-refractivity contribution is 5.67. The van der Waals surface area contributed by atoms with Gasteiger partial charge in [-0.25, -0.2) is 9.59 Å². The predicted molar refractivity (Wildman–Crippen MR) is 191 cm³/mol. The lowest BCUT2D eigenvalue weighted by atomic mass is 9.70. The Morgan fingerprint density at radius 2 is 1.33 bits per heavy atom. The van der Waals surface area contributed by atoms with Crippen LogP contribution in [0.4, 0.5) is 9.59 Å². The van der Waals surface area contributed by atoms with Crippen molar-refractivity contribution in [3.05, 3.63) is 71.8 Å². The fraction of sp³-hybridized carbons (Fsp3) is 0.600. The van der Waals surface area contributed by atoms with Gasteiger partial charge in [-0.15, -0.1) is 12.3 Å². The van der Waals surface area contributed by atoms with Gasteiger partial charge >= 0.3 is 12.2 Å². The molecule has 2 amide bonds. The smallest absolute Gasteiger partial charge is 0.407 e. The molecule has 1 saturated heterocycles. The van der Waals surface area contributed by atoms with Crippen LogP contribution in [-0.2, 0) is 42.1 Å². The summed E-state index contributed by atoms with van der Waals surface area (Å²) >= 11 is 0. The van der Waals surface area contributed by atoms with Crippen molar-refractivity contribution in [1.82, 2.24) is 10.6 Å². The summed E-state index contributed by atoms with van der Waals surface area (Å²) in [6.45, 7) is 8.17. The molecular formula is C40H56N3O8+. The maximum atomic E-state index is 12.7. The third-order valence-corrected chi connectivity index (χ3v) is 10.6. The second kappa shape index (κ2) is 17.7. The quantitative estimate of drug-likeness (QED) is 0.0922. The van der Waals surface area contributed by atoms with E-state index < -0.39 is 23.8 Å². The molecule has 1 heterocycles. The number of quaternary nitrogens is 1. The van der Waals surface area contributed by atoms with E-state index >= 15 is 0 Å². The number of hydrogen-bond donors (Lipinski definition) is 2. The summed E-state index contributed by atoms with van der Waals surface area (Å²) in [4.78, 5) is 48.3. The molecule has 51 heavy (non-hydrogen) atoms. The van der Waals surface area contributed by atoms with Crippen molar-refractivity contribution in [2.24, 2.45) is 11.3 Å². The van der Waals surface area contributed by atoms with E-state index in [1.807, 2.05) is 12.1 Å². The first kappa shape index (κ1) is 38.6. The van der Waals surface area contributed by atoms with Crippen LogP contribution in [0.25, 0.3) is 0 Å². The van der Waals surface area contributed by atoms with Crippen LogP contribution in [0.15, 0.2) is 60.7 Å². The molecule has 3 aliphatic rings. The summed E-state index contributed by atoms with van der Waals surface area (Å²) < 4.78 is 12.1. The van der Waals surface area contributed by atoms with Crippen LogP contribution in [0.1, 0.15) is 89.2 Å². The van der Waals surface area contributed by atoms with Crippen molar-refractivity contribution in [2.45, 2.75) is 109 Å². The predicted octanol–water partition coefficient (Wildman–Crippen LogP) is 7.16. The van der Waals surface area contributed by atoms with Gasteiger partial charge in [0.05, 0.1) is 20.2 Å². The van der Waals surface area contributed by atoms with Gasteiger partial charge in [-0.1, -0.05) is 74.5 Å². The molecule has 2 aromatic rings. The van der Waals surface area contributed by atoms with Crippen LogP contribution in [0.3, 0.4) is 0 Å². The van der Waals surface area contributed by atoms with Crippen molar-refractivity contribution in [3.63, 3.8) is 0 Å². The molecule has 3 fully saturated rings. The highest BCUT2D eigenvalue weighted by Crippen LogP contribution is 2.48. The summed E-state index contributed by atoms with van der Waals surface area (Å²) in [6.07, 6.45) is 10.3. The molecule has 2 aliphatic carbocycles. The number of amides is 2. The number of ether oxygens (including phenoxy) is 2. The van der Waals surface area contributed by atoms with Crippen LogP contribution in [-0.4, -0.2) is 67.6 Å². The van der Waals surface area contributed by atoms with Crippen LogP contribution in [0, 0.1) is 23.7 Å².